The van der Waals surface area contributed by atoms with Crippen LogP contribution in [0.4, 0.5) is 5.82 Å². The Morgan fingerprint density at radius 2 is 1.77 bits per heavy atom. The van der Waals surface area contributed by atoms with E-state index in [-0.39, 0.29) is 37.2 Å². The Labute approximate surface area is 253 Å². The highest BCUT2D eigenvalue weighted by atomic mass is 16.8. The maximum atomic E-state index is 13.1. The molecule has 2 aromatic carbocycles. The topological polar surface area (TPSA) is 225 Å². The number of likely N-dealkylation sites (N-methyl/N-ethyl adjacent to an activating group) is 1. The van der Waals surface area contributed by atoms with Gasteiger partial charge < -0.3 is 41.5 Å². The van der Waals surface area contributed by atoms with Gasteiger partial charge in [-0.05, 0) is 18.1 Å². The van der Waals surface area contributed by atoms with Crippen molar-refractivity contribution in [2.45, 2.75) is 37.1 Å². The quantitative estimate of drug-likeness (QED) is 0.0674. The summed E-state index contributed by atoms with van der Waals surface area (Å²) in [5.74, 6) is -2.57. The fourth-order valence-electron chi connectivity index (χ4n) is 5.08. The molecule has 5 rings (SSSR count). The number of fused-ring (bicyclic) bond motifs is 1. The summed E-state index contributed by atoms with van der Waals surface area (Å²) in [6.45, 7) is 2.81. The zero-order chi connectivity index (χ0) is 31.3. The molecule has 0 unspecified atom stereocenters. The van der Waals surface area contributed by atoms with E-state index in [1.807, 2.05) is 36.4 Å². The lowest BCUT2D eigenvalue weighted by molar-refractivity contribution is -0.252. The first-order valence-corrected chi connectivity index (χ1v) is 14.1. The number of anilines is 1. The molecule has 44 heavy (non-hydrogen) atoms. The van der Waals surface area contributed by atoms with Crippen LogP contribution < -0.4 is 27.4 Å². The van der Waals surface area contributed by atoms with Crippen LogP contribution in [0.2, 0.25) is 0 Å². The fraction of sp³-hybridized carbons (Fsp3) is 0.345. The molecule has 0 spiro atoms. The third-order valence-corrected chi connectivity index (χ3v) is 7.38. The van der Waals surface area contributed by atoms with Crippen LogP contribution in [0.3, 0.4) is 0 Å². The maximum absolute atomic E-state index is 13.1. The number of benzene rings is 2. The zero-order valence-electron chi connectivity index (χ0n) is 24.1. The highest BCUT2D eigenvalue weighted by Gasteiger charge is 2.58. The lowest BCUT2D eigenvalue weighted by Gasteiger charge is -2.28. The number of nitrogens with zero attached hydrogens (tertiary/aromatic N) is 6. The first-order valence-electron chi connectivity index (χ1n) is 14.1. The number of nitrogens with one attached hydrogen (secondary N) is 1. The van der Waals surface area contributed by atoms with Crippen LogP contribution in [0, 0.1) is 0 Å². The van der Waals surface area contributed by atoms with E-state index >= 15 is 0 Å². The van der Waals surface area contributed by atoms with Gasteiger partial charge in [-0.2, -0.15) is 0 Å². The summed E-state index contributed by atoms with van der Waals surface area (Å²) < 4.78 is 6.75. The van der Waals surface area contributed by atoms with E-state index < -0.39 is 30.1 Å². The molecule has 0 radical (unpaired) electrons. The lowest BCUT2D eigenvalue weighted by atomic mass is 9.91. The van der Waals surface area contributed by atoms with Crippen LogP contribution in [-0.4, -0.2) is 97.1 Å². The molecule has 232 valence electrons. The second-order valence-electron chi connectivity index (χ2n) is 10.2. The molecule has 1 fully saturated rings. The zero-order valence-corrected chi connectivity index (χ0v) is 24.1. The largest absolute Gasteiger partial charge is 0.387 e. The molecule has 0 aliphatic carbocycles. The molecule has 3 heterocycles. The van der Waals surface area contributed by atoms with E-state index in [1.165, 1.54) is 17.6 Å². The molecule has 4 atom stereocenters. The summed E-state index contributed by atoms with van der Waals surface area (Å²) in [7, 11) is 0. The highest BCUT2D eigenvalue weighted by Crippen LogP contribution is 2.30. The third kappa shape index (κ3) is 6.40. The summed E-state index contributed by atoms with van der Waals surface area (Å²) in [6.07, 6.45) is -2.36. The predicted octanol–water partition coefficient (Wildman–Crippen LogP) is -0.646. The monoisotopic (exact) mass is 604 g/mol. The number of guanidine groups is 1. The van der Waals surface area contributed by atoms with E-state index in [1.54, 1.807) is 6.92 Å². The smallest absolute Gasteiger partial charge is 0.320 e. The molecule has 1 amide bonds. The number of carbonyl (C=O) groups is 1. The van der Waals surface area contributed by atoms with Crippen molar-refractivity contribution in [3.63, 3.8) is 0 Å². The second-order valence-corrected chi connectivity index (χ2v) is 10.2. The molecule has 4 aromatic rings. The van der Waals surface area contributed by atoms with Crippen molar-refractivity contribution in [2.75, 3.05) is 31.5 Å². The van der Waals surface area contributed by atoms with Gasteiger partial charge in [-0.1, -0.05) is 60.7 Å². The van der Waals surface area contributed by atoms with Gasteiger partial charge in [-0.15, -0.1) is 4.73 Å². The van der Waals surface area contributed by atoms with Gasteiger partial charge in [0.05, 0.1) is 6.54 Å². The lowest BCUT2D eigenvalue weighted by Crippen LogP contribution is -2.58. The van der Waals surface area contributed by atoms with Gasteiger partial charge in [0.2, 0.25) is 5.65 Å². The summed E-state index contributed by atoms with van der Waals surface area (Å²) in [4.78, 5) is 37.2. The maximum Gasteiger partial charge on any atom is 0.320 e. The standard InChI is InChI=1S/C29H36N10O5/c1-2-38(14-13-33-28(30)31)27(42)23-22(40)24(41)29(32,43-23)44-39-17-37-21-25(35-16-36-26(21)39)34-15-20(18-9-5-3-6-10-18)19-11-7-4-8-12-19/h3-12,16-17,20,22-24,40-41H,2,13-15,32H2,1H3,(H4,30,31,33)(H,34,35,36)/t22-,23+,24-,29-/m1/s1. The number of aromatic nitrogens is 4. The second kappa shape index (κ2) is 13.2. The summed E-state index contributed by atoms with van der Waals surface area (Å²) in [5, 5.41) is 24.9. The van der Waals surface area contributed by atoms with Crippen molar-refractivity contribution >= 4 is 28.8 Å². The van der Waals surface area contributed by atoms with E-state index in [2.05, 4.69) is 49.5 Å². The molecular formula is C29H36N10O5. The number of aliphatic hydroxyl groups excluding tert-OH is 2. The number of aliphatic hydroxyl groups is 2. The van der Waals surface area contributed by atoms with E-state index in [9.17, 15) is 15.0 Å². The van der Waals surface area contributed by atoms with Crippen molar-refractivity contribution in [3.05, 3.63) is 84.4 Å². The average molecular weight is 605 g/mol. The van der Waals surface area contributed by atoms with Crippen LogP contribution in [0.5, 0.6) is 0 Å². The molecule has 0 bridgehead atoms. The van der Waals surface area contributed by atoms with Crippen molar-refractivity contribution in [1.82, 2.24) is 24.6 Å². The molecule has 15 heteroatoms. The normalized spacial score (nSPS) is 21.3. The number of ether oxygens (including phenoxy) is 1. The number of hydrogen-bond acceptors (Lipinski definition) is 11. The van der Waals surface area contributed by atoms with Crippen LogP contribution in [-0.2, 0) is 9.53 Å². The van der Waals surface area contributed by atoms with E-state index in [4.69, 9.17) is 26.8 Å². The Bertz CT molecular complexity index is 1540. The van der Waals surface area contributed by atoms with Gasteiger partial charge in [0.25, 0.3) is 5.91 Å². The van der Waals surface area contributed by atoms with Gasteiger partial charge in [-0.25, -0.2) is 15.0 Å². The number of nitrogens with two attached hydrogens (primary N) is 3. The molecule has 0 saturated carbocycles. The fourth-order valence-corrected chi connectivity index (χ4v) is 5.08. The van der Waals surface area contributed by atoms with Crippen molar-refractivity contribution in [1.29, 1.82) is 0 Å². The number of rotatable bonds is 12. The Balaban J connectivity index is 1.33. The Kier molecular flexibility index (Phi) is 9.20. The van der Waals surface area contributed by atoms with Crippen LogP contribution in [0.15, 0.2) is 78.3 Å². The Morgan fingerprint density at radius 3 is 2.39 bits per heavy atom. The molecule has 1 saturated heterocycles. The van der Waals surface area contributed by atoms with Gasteiger partial charge in [0.1, 0.15) is 18.8 Å². The summed E-state index contributed by atoms with van der Waals surface area (Å²) in [5.41, 5.74) is 19.8. The molecular weight excluding hydrogens is 568 g/mol. The molecule has 1 aliphatic rings. The van der Waals surface area contributed by atoms with Crippen molar-refractivity contribution < 1.29 is 24.6 Å². The SMILES string of the molecule is CCN(CCN=C(N)N)C(=O)[C@H]1O[C@@](N)(On2cnc3c(NCC(c4ccccc4)c4ccccc4)ncnc32)[C@H](O)[C@@H]1O. The average Bonchev–Trinajstić information content (AvgIpc) is 3.54. The first-order chi connectivity index (χ1) is 21.2. The number of carbonyl (C=O) groups excluding carboxylic acids is 1. The number of imidazole rings is 1. The Morgan fingerprint density at radius 1 is 1.11 bits per heavy atom. The van der Waals surface area contributed by atoms with E-state index in [0.29, 0.717) is 17.9 Å². The van der Waals surface area contributed by atoms with Crippen LogP contribution >= 0.6 is 0 Å². The molecule has 15 nitrogen and oxygen atoms in total. The highest BCUT2D eigenvalue weighted by molar-refractivity contribution is 5.83. The predicted molar refractivity (Wildman–Crippen MR) is 162 cm³/mol. The summed E-state index contributed by atoms with van der Waals surface area (Å²) >= 11 is 0. The third-order valence-electron chi connectivity index (χ3n) is 7.38. The van der Waals surface area contributed by atoms with Crippen LogP contribution in [0.1, 0.15) is 24.0 Å². The van der Waals surface area contributed by atoms with Crippen molar-refractivity contribution in [3.8, 4) is 0 Å². The number of aliphatic imine (C=N–C) groups is 1. The van der Waals surface area contributed by atoms with Gasteiger partial charge >= 0.3 is 5.91 Å². The minimum Gasteiger partial charge on any atom is -0.387 e. The Hall–Kier alpha value is -4.83. The van der Waals surface area contributed by atoms with Gasteiger partial charge in [0.15, 0.2) is 29.5 Å². The van der Waals surface area contributed by atoms with Crippen molar-refractivity contribution in [2.24, 2.45) is 22.2 Å². The molecule has 1 aliphatic heterocycles. The first kappa shape index (κ1) is 30.6. The van der Waals surface area contributed by atoms with Gasteiger partial charge in [0, 0.05) is 25.6 Å². The molecule has 2 aromatic heterocycles. The number of amides is 1. The summed E-state index contributed by atoms with van der Waals surface area (Å²) in [6, 6.07) is 20.2. The van der Waals surface area contributed by atoms with Gasteiger partial charge in [-0.3, -0.25) is 15.5 Å². The molecule has 9 N–H and O–H groups in total. The van der Waals surface area contributed by atoms with Crippen LogP contribution in [0.25, 0.3) is 11.2 Å². The minimum absolute atomic E-state index is 0.0215. The van der Waals surface area contributed by atoms with E-state index in [0.717, 1.165) is 15.9 Å². The minimum atomic E-state index is -2.31. The number of hydrogen-bond donors (Lipinski definition) is 6.